The molecule has 1 amide bonds. The van der Waals surface area contributed by atoms with Gasteiger partial charge in [0.05, 0.1) is 29.0 Å². The minimum atomic E-state index is -4.61. The molecule has 0 aliphatic heterocycles. The molecule has 2 N–H and O–H groups in total. The first-order valence-corrected chi connectivity index (χ1v) is 9.80. The summed E-state index contributed by atoms with van der Waals surface area (Å²) in [4.78, 5) is 23.8. The van der Waals surface area contributed by atoms with Gasteiger partial charge < -0.3 is 10.4 Å². The Balaban J connectivity index is 2.37. The highest BCUT2D eigenvalue weighted by molar-refractivity contribution is 6.33. The number of anilines is 1. The molecule has 3 atom stereocenters. The van der Waals surface area contributed by atoms with E-state index in [2.05, 4.69) is 5.32 Å². The Morgan fingerprint density at radius 1 is 1.03 bits per heavy atom. The van der Waals surface area contributed by atoms with Gasteiger partial charge in [0.25, 0.3) is 0 Å². The molecule has 2 rings (SSSR count). The van der Waals surface area contributed by atoms with Gasteiger partial charge in [-0.2, -0.15) is 13.2 Å². The lowest BCUT2D eigenvalue weighted by molar-refractivity contribution is -0.178. The lowest BCUT2D eigenvalue weighted by atomic mass is 9.85. The Morgan fingerprint density at radius 3 is 2.13 bits per heavy atom. The number of benzene rings is 2. The number of nitrogens with one attached hydrogen (secondary N) is 1. The van der Waals surface area contributed by atoms with Crippen LogP contribution in [0.3, 0.4) is 0 Å². The van der Waals surface area contributed by atoms with Gasteiger partial charge in [-0.3, -0.25) is 9.59 Å². The van der Waals surface area contributed by atoms with Crippen LogP contribution in [-0.2, 0) is 9.59 Å². The van der Waals surface area contributed by atoms with Crippen LogP contribution in [-0.4, -0.2) is 23.2 Å². The van der Waals surface area contributed by atoms with E-state index in [0.717, 1.165) is 6.92 Å². The first kappa shape index (κ1) is 24.0. The van der Waals surface area contributed by atoms with Crippen molar-refractivity contribution in [2.24, 2.45) is 5.92 Å². The molecule has 0 bridgehead atoms. The Hall–Kier alpha value is -2.25. The van der Waals surface area contributed by atoms with Gasteiger partial charge in [-0.1, -0.05) is 55.2 Å². The topological polar surface area (TPSA) is 66.4 Å². The summed E-state index contributed by atoms with van der Waals surface area (Å²) < 4.78 is 40.3. The highest BCUT2D eigenvalue weighted by Gasteiger charge is 2.45. The van der Waals surface area contributed by atoms with Crippen LogP contribution < -0.4 is 5.32 Å². The summed E-state index contributed by atoms with van der Waals surface area (Å²) in [6.45, 7) is 2.62. The van der Waals surface area contributed by atoms with Crippen LogP contribution in [0.4, 0.5) is 18.9 Å². The summed E-state index contributed by atoms with van der Waals surface area (Å²) in [7, 11) is 0. The number of carboxylic acids is 1. The lowest BCUT2D eigenvalue weighted by Crippen LogP contribution is -2.34. The molecule has 30 heavy (non-hydrogen) atoms. The highest BCUT2D eigenvalue weighted by Crippen LogP contribution is 2.39. The molecule has 9 heteroatoms. The Labute approximate surface area is 182 Å². The third kappa shape index (κ3) is 6.12. The van der Waals surface area contributed by atoms with Crippen LogP contribution in [0, 0.1) is 5.92 Å². The Kier molecular flexibility index (Phi) is 7.77. The molecule has 0 aliphatic rings. The molecule has 0 heterocycles. The number of rotatable bonds is 7. The zero-order valence-electron chi connectivity index (χ0n) is 16.1. The third-order valence-corrected chi connectivity index (χ3v) is 5.41. The molecule has 2 aromatic rings. The van der Waals surface area contributed by atoms with Crippen LogP contribution in [0.1, 0.15) is 43.2 Å². The van der Waals surface area contributed by atoms with Crippen molar-refractivity contribution in [1.82, 2.24) is 0 Å². The number of hydrogen-bond acceptors (Lipinski definition) is 2. The monoisotopic (exact) mass is 461 g/mol. The van der Waals surface area contributed by atoms with Crippen LogP contribution in [0.25, 0.3) is 0 Å². The van der Waals surface area contributed by atoms with E-state index in [-0.39, 0.29) is 28.6 Å². The zero-order chi connectivity index (χ0) is 22.6. The minimum absolute atomic E-state index is 0.116. The fraction of sp³-hybridized carbons (Fsp3) is 0.333. The summed E-state index contributed by atoms with van der Waals surface area (Å²) in [5.41, 5.74) is 0.863. The first-order valence-electron chi connectivity index (χ1n) is 9.04. The lowest BCUT2D eigenvalue weighted by Gasteiger charge is -2.26. The molecule has 0 radical (unpaired) electrons. The number of carbonyl (C=O) groups is 2. The van der Waals surface area contributed by atoms with E-state index in [4.69, 9.17) is 28.3 Å². The van der Waals surface area contributed by atoms with Gasteiger partial charge in [0.15, 0.2) is 0 Å². The van der Waals surface area contributed by atoms with Crippen LogP contribution >= 0.6 is 23.2 Å². The molecule has 0 spiro atoms. The van der Waals surface area contributed by atoms with E-state index >= 15 is 0 Å². The SMILES string of the molecule is CC(CC(=O)O)c1ccc(Cl)c(NC(=O)C(c2ccc(Cl)cc2)C(C)C(F)(F)F)c1. The molecule has 0 fully saturated rings. The summed E-state index contributed by atoms with van der Waals surface area (Å²) >= 11 is 11.9. The van der Waals surface area contributed by atoms with Gasteiger partial charge in [0.2, 0.25) is 5.91 Å². The van der Waals surface area contributed by atoms with E-state index in [1.807, 2.05) is 0 Å². The highest BCUT2D eigenvalue weighted by atomic mass is 35.5. The number of carboxylic acid groups (broad SMARTS) is 1. The molecule has 2 aromatic carbocycles. The van der Waals surface area contributed by atoms with Gasteiger partial charge in [0, 0.05) is 5.02 Å². The molecule has 0 saturated carbocycles. The van der Waals surface area contributed by atoms with Gasteiger partial charge in [-0.05, 0) is 41.3 Å². The molecular formula is C21H20Cl2F3NO3. The van der Waals surface area contributed by atoms with Crippen molar-refractivity contribution in [2.45, 2.75) is 38.3 Å². The quantitative estimate of drug-likeness (QED) is 0.494. The maximum absolute atomic E-state index is 13.4. The number of amides is 1. The number of hydrogen-bond donors (Lipinski definition) is 2. The largest absolute Gasteiger partial charge is 0.481 e. The molecule has 3 unspecified atom stereocenters. The number of carbonyl (C=O) groups excluding carboxylic acids is 1. The third-order valence-electron chi connectivity index (χ3n) is 4.83. The van der Waals surface area contributed by atoms with Gasteiger partial charge in [-0.15, -0.1) is 0 Å². The minimum Gasteiger partial charge on any atom is -0.481 e. The van der Waals surface area contributed by atoms with Crippen molar-refractivity contribution >= 4 is 40.8 Å². The first-order chi connectivity index (χ1) is 13.9. The average Bonchev–Trinajstić information content (AvgIpc) is 2.63. The molecule has 0 saturated heterocycles. The average molecular weight is 462 g/mol. The maximum atomic E-state index is 13.4. The normalized spacial score (nSPS) is 14.6. The Bertz CT molecular complexity index is 917. The maximum Gasteiger partial charge on any atom is 0.392 e. The molecule has 0 aliphatic carbocycles. The molecular weight excluding hydrogens is 442 g/mol. The molecule has 0 aromatic heterocycles. The van der Waals surface area contributed by atoms with Gasteiger partial charge in [0.1, 0.15) is 0 Å². The Morgan fingerprint density at radius 2 is 1.60 bits per heavy atom. The number of aliphatic carboxylic acids is 1. The van der Waals surface area contributed by atoms with Crippen molar-refractivity contribution in [3.05, 3.63) is 63.6 Å². The number of alkyl halides is 3. The predicted octanol–water partition coefficient (Wildman–Crippen LogP) is 6.49. The predicted molar refractivity (Wildman–Crippen MR) is 110 cm³/mol. The number of halogens is 5. The second kappa shape index (κ2) is 9.71. The summed E-state index contributed by atoms with van der Waals surface area (Å²) in [5, 5.41) is 11.9. The summed E-state index contributed by atoms with van der Waals surface area (Å²) in [6, 6.07) is 10.1. The van der Waals surface area contributed by atoms with Gasteiger partial charge in [-0.25, -0.2) is 0 Å². The molecule has 4 nitrogen and oxygen atoms in total. The van der Waals surface area contributed by atoms with E-state index in [1.54, 1.807) is 13.0 Å². The van der Waals surface area contributed by atoms with E-state index < -0.39 is 29.9 Å². The standard InChI is InChI=1S/C21H20Cl2F3NO3/c1-11(9-18(28)29)14-5-8-16(23)17(10-14)27-20(30)19(12(2)21(24,25)26)13-3-6-15(22)7-4-13/h3-8,10-12,19H,9H2,1-2H3,(H,27,30)(H,28,29). The summed E-state index contributed by atoms with van der Waals surface area (Å²) in [5.74, 6) is -5.75. The fourth-order valence-corrected chi connectivity index (χ4v) is 3.35. The van der Waals surface area contributed by atoms with Crippen molar-refractivity contribution in [1.29, 1.82) is 0 Å². The van der Waals surface area contributed by atoms with Crippen molar-refractivity contribution < 1.29 is 27.9 Å². The molecule has 162 valence electrons. The van der Waals surface area contributed by atoms with E-state index in [9.17, 15) is 22.8 Å². The van der Waals surface area contributed by atoms with Gasteiger partial charge >= 0.3 is 12.1 Å². The van der Waals surface area contributed by atoms with E-state index in [1.165, 1.54) is 36.4 Å². The zero-order valence-corrected chi connectivity index (χ0v) is 17.6. The van der Waals surface area contributed by atoms with Crippen molar-refractivity contribution in [2.75, 3.05) is 5.32 Å². The summed E-state index contributed by atoms with van der Waals surface area (Å²) in [6.07, 6.45) is -4.75. The van der Waals surface area contributed by atoms with Crippen molar-refractivity contribution in [3.8, 4) is 0 Å². The van der Waals surface area contributed by atoms with Crippen LogP contribution in [0.2, 0.25) is 10.0 Å². The fourth-order valence-electron chi connectivity index (χ4n) is 3.06. The second-order valence-electron chi connectivity index (χ2n) is 7.09. The smallest absolute Gasteiger partial charge is 0.392 e. The van der Waals surface area contributed by atoms with Crippen molar-refractivity contribution in [3.63, 3.8) is 0 Å². The van der Waals surface area contributed by atoms with Crippen LogP contribution in [0.15, 0.2) is 42.5 Å². The van der Waals surface area contributed by atoms with E-state index in [0.29, 0.717) is 10.6 Å². The van der Waals surface area contributed by atoms with Crippen LogP contribution in [0.5, 0.6) is 0 Å². The second-order valence-corrected chi connectivity index (χ2v) is 7.93.